The number of carbonyl (C=O) groups is 2. The minimum absolute atomic E-state index is 0.0379. The Morgan fingerprint density at radius 2 is 2.21 bits per heavy atom. The Labute approximate surface area is 231 Å². The number of aromatic nitrogens is 2. The van der Waals surface area contributed by atoms with Crippen LogP contribution in [0.25, 0.3) is 0 Å². The van der Waals surface area contributed by atoms with Gasteiger partial charge >= 0.3 is 0 Å². The number of hydrogen-bond donors (Lipinski definition) is 3. The number of ether oxygens (including phenoxy) is 1. The summed E-state index contributed by atoms with van der Waals surface area (Å²) in [7, 11) is 3.33. The van der Waals surface area contributed by atoms with E-state index in [1.54, 1.807) is 25.0 Å². The van der Waals surface area contributed by atoms with Gasteiger partial charge < -0.3 is 25.4 Å². The van der Waals surface area contributed by atoms with E-state index in [0.29, 0.717) is 36.5 Å². The summed E-state index contributed by atoms with van der Waals surface area (Å²) in [6.07, 6.45) is 6.66. The van der Waals surface area contributed by atoms with Gasteiger partial charge in [0.1, 0.15) is 12.0 Å². The second-order valence-electron chi connectivity index (χ2n) is 9.12. The summed E-state index contributed by atoms with van der Waals surface area (Å²) >= 11 is 3.03. The maximum absolute atomic E-state index is 13.6. The topological polar surface area (TPSA) is 112 Å². The number of aryl methyl sites for hydroxylation is 2. The number of hydrogen-bond acceptors (Lipinski definition) is 9. The molecule has 0 aliphatic carbocycles. The van der Waals surface area contributed by atoms with Gasteiger partial charge in [-0.3, -0.25) is 19.2 Å². The van der Waals surface area contributed by atoms with Gasteiger partial charge in [0.2, 0.25) is 0 Å². The number of carbonyl (C=O) groups excluding carboxylic acids is 2. The van der Waals surface area contributed by atoms with Crippen LogP contribution >= 0.6 is 23.5 Å². The molecule has 1 aromatic carbocycles. The van der Waals surface area contributed by atoms with E-state index in [0.717, 1.165) is 21.1 Å². The van der Waals surface area contributed by atoms with E-state index < -0.39 is 6.23 Å². The molecule has 2 aliphatic heterocycles. The Morgan fingerprint density at radius 3 is 2.87 bits per heavy atom. The van der Waals surface area contributed by atoms with Crippen LogP contribution in [0, 0.1) is 6.92 Å². The van der Waals surface area contributed by atoms with Crippen molar-refractivity contribution in [1.29, 1.82) is 0 Å². The number of nitrogens with one attached hydrogen (secondary N) is 2. The molecule has 3 heterocycles. The molecule has 0 radical (unpaired) electrons. The van der Waals surface area contributed by atoms with Crippen molar-refractivity contribution < 1.29 is 19.4 Å². The zero-order chi connectivity index (χ0) is 27.4. The molecule has 3 N–H and O–H groups in total. The normalized spacial score (nSPS) is 20.4. The third kappa shape index (κ3) is 6.20. The molecule has 2 unspecified atom stereocenters. The number of thioether (sulfide) groups is 2. The van der Waals surface area contributed by atoms with Gasteiger partial charge in [-0.05, 0) is 37.1 Å². The summed E-state index contributed by atoms with van der Waals surface area (Å²) in [5.74, 6) is 0.233. The van der Waals surface area contributed by atoms with Crippen LogP contribution in [0.3, 0.4) is 0 Å². The Bertz CT molecular complexity index is 1230. The molecule has 12 heteroatoms. The number of nitrogens with zero attached hydrogens (tertiary/aromatic N) is 4. The lowest BCUT2D eigenvalue weighted by Gasteiger charge is -2.42. The first-order valence-corrected chi connectivity index (χ1v) is 14.1. The molecule has 0 saturated carbocycles. The van der Waals surface area contributed by atoms with Gasteiger partial charge in [-0.25, -0.2) is 0 Å². The molecule has 1 saturated heterocycles. The fourth-order valence-electron chi connectivity index (χ4n) is 4.48. The Kier molecular flexibility index (Phi) is 9.08. The summed E-state index contributed by atoms with van der Waals surface area (Å²) in [6, 6.07) is 3.81. The SMILES string of the molecule is C=CC(O)N1CCN(C(=O)c2cc(SC3=CNC(NC(=O)c4cnn(C)c4)S3)c(C)cc2OC)C[C@H]1CC. The van der Waals surface area contributed by atoms with Crippen molar-refractivity contribution in [3.8, 4) is 5.75 Å². The second-order valence-corrected chi connectivity index (χ2v) is 11.6. The number of amides is 2. The number of piperazine rings is 1. The van der Waals surface area contributed by atoms with Gasteiger partial charge in [-0.15, -0.1) is 0 Å². The predicted octanol–water partition coefficient (Wildman–Crippen LogP) is 2.72. The summed E-state index contributed by atoms with van der Waals surface area (Å²) in [6.45, 7) is 9.32. The molecular weight excluding hydrogens is 524 g/mol. The van der Waals surface area contributed by atoms with Crippen LogP contribution in [0.4, 0.5) is 0 Å². The zero-order valence-electron chi connectivity index (χ0n) is 22.0. The molecule has 3 atom stereocenters. The van der Waals surface area contributed by atoms with E-state index >= 15 is 0 Å². The molecule has 0 bridgehead atoms. The molecule has 2 aromatic rings. The standard InChI is InChI=1S/C26H34N6O4S2/c1-6-18-15-31(8-9-32(18)22(33)7-2)25(35)19-11-21(16(3)10-20(19)36-5)37-23-13-27-26(38-23)29-24(34)17-12-28-30(4)14-17/h7,10-14,18,22,26-27,33H,2,6,8-9,15H2,1,3-5H3,(H,29,34)/t18-,22?,26?/m1/s1. The van der Waals surface area contributed by atoms with Crippen molar-refractivity contribution in [3.63, 3.8) is 0 Å². The molecule has 2 aliphatic rings. The van der Waals surface area contributed by atoms with Crippen LogP contribution in [0.5, 0.6) is 5.75 Å². The highest BCUT2D eigenvalue weighted by molar-refractivity contribution is 8.22. The quantitative estimate of drug-likeness (QED) is 0.400. The largest absolute Gasteiger partial charge is 0.496 e. The zero-order valence-corrected chi connectivity index (χ0v) is 23.6. The molecule has 204 valence electrons. The van der Waals surface area contributed by atoms with Crippen LogP contribution in [0.15, 0.2) is 52.5 Å². The number of aliphatic hydroxyl groups is 1. The van der Waals surface area contributed by atoms with Gasteiger partial charge in [0.15, 0.2) is 5.50 Å². The lowest BCUT2D eigenvalue weighted by molar-refractivity contribution is -0.0292. The Hall–Kier alpha value is -2.93. The van der Waals surface area contributed by atoms with E-state index in [1.165, 1.54) is 35.8 Å². The summed E-state index contributed by atoms with van der Waals surface area (Å²) < 4.78 is 8.14. The van der Waals surface area contributed by atoms with Gasteiger partial charge in [0.05, 0.1) is 28.7 Å². The number of benzene rings is 1. The van der Waals surface area contributed by atoms with E-state index in [1.807, 2.05) is 35.1 Å². The highest BCUT2D eigenvalue weighted by Gasteiger charge is 2.33. The van der Waals surface area contributed by atoms with Crippen molar-refractivity contribution in [2.75, 3.05) is 26.7 Å². The summed E-state index contributed by atoms with van der Waals surface area (Å²) in [5, 5.41) is 20.4. The fraction of sp³-hybridized carbons (Fsp3) is 0.423. The number of methoxy groups -OCH3 is 1. The maximum atomic E-state index is 13.6. The molecule has 1 fully saturated rings. The average molecular weight is 559 g/mol. The van der Waals surface area contributed by atoms with Crippen LogP contribution in [0.1, 0.15) is 39.6 Å². The molecule has 2 amide bonds. The Morgan fingerprint density at radius 1 is 1.42 bits per heavy atom. The van der Waals surface area contributed by atoms with E-state index in [9.17, 15) is 14.7 Å². The predicted molar refractivity (Wildman–Crippen MR) is 150 cm³/mol. The van der Waals surface area contributed by atoms with Gasteiger partial charge in [-0.1, -0.05) is 37.0 Å². The first kappa shape index (κ1) is 28.1. The first-order chi connectivity index (χ1) is 18.2. The van der Waals surface area contributed by atoms with Gasteiger partial charge in [0.25, 0.3) is 11.8 Å². The first-order valence-electron chi connectivity index (χ1n) is 12.4. The smallest absolute Gasteiger partial charge is 0.257 e. The second kappa shape index (κ2) is 12.3. The van der Waals surface area contributed by atoms with Gasteiger partial charge in [-0.2, -0.15) is 5.10 Å². The van der Waals surface area contributed by atoms with Gasteiger partial charge in [0, 0.05) is 50.0 Å². The monoisotopic (exact) mass is 558 g/mol. The third-order valence-electron chi connectivity index (χ3n) is 6.59. The van der Waals surface area contributed by atoms with Crippen molar-refractivity contribution in [2.24, 2.45) is 7.05 Å². The molecule has 0 spiro atoms. The third-order valence-corrected chi connectivity index (χ3v) is 8.95. The fourth-order valence-corrected chi connectivity index (χ4v) is 6.64. The van der Waals surface area contributed by atoms with E-state index in [2.05, 4.69) is 29.2 Å². The van der Waals surface area contributed by atoms with E-state index in [4.69, 9.17) is 4.74 Å². The lowest BCUT2D eigenvalue weighted by atomic mass is 10.1. The maximum Gasteiger partial charge on any atom is 0.257 e. The highest BCUT2D eigenvalue weighted by Crippen LogP contribution is 2.42. The van der Waals surface area contributed by atoms with Crippen LogP contribution in [-0.4, -0.2) is 81.0 Å². The molecular formula is C26H34N6O4S2. The number of rotatable bonds is 9. The Balaban J connectivity index is 1.44. The molecule has 1 aromatic heterocycles. The molecule has 4 rings (SSSR count). The minimum atomic E-state index is -0.724. The highest BCUT2D eigenvalue weighted by atomic mass is 32.2. The summed E-state index contributed by atoms with van der Waals surface area (Å²) in [5.41, 5.74) is 1.68. The lowest BCUT2D eigenvalue weighted by Crippen LogP contribution is -2.57. The molecule has 38 heavy (non-hydrogen) atoms. The van der Waals surface area contributed by atoms with Crippen molar-refractivity contribution in [3.05, 3.63) is 64.3 Å². The van der Waals surface area contributed by atoms with Crippen LogP contribution < -0.4 is 15.4 Å². The van der Waals surface area contributed by atoms with E-state index in [-0.39, 0.29) is 23.4 Å². The van der Waals surface area contributed by atoms with Crippen molar-refractivity contribution in [1.82, 2.24) is 30.2 Å². The summed E-state index contributed by atoms with van der Waals surface area (Å²) in [4.78, 5) is 30.9. The van der Waals surface area contributed by atoms with Crippen LogP contribution in [-0.2, 0) is 7.05 Å². The average Bonchev–Trinajstić information content (AvgIpc) is 3.56. The van der Waals surface area contributed by atoms with Crippen molar-refractivity contribution in [2.45, 2.75) is 42.9 Å². The molecule has 10 nitrogen and oxygen atoms in total. The van der Waals surface area contributed by atoms with Crippen LogP contribution in [0.2, 0.25) is 0 Å². The minimum Gasteiger partial charge on any atom is -0.496 e. The van der Waals surface area contributed by atoms with Crippen molar-refractivity contribution >= 4 is 35.3 Å². The number of aliphatic hydroxyl groups excluding tert-OH is 1.